The Hall–Kier alpha value is -5.64. The number of hydrogen-bond acceptors (Lipinski definition) is 9. The molecule has 1 unspecified atom stereocenters. The number of fused-ring (bicyclic) bond motifs is 1. The van der Waals surface area contributed by atoms with Gasteiger partial charge in [-0.25, -0.2) is 4.98 Å². The molecule has 4 heterocycles. The summed E-state index contributed by atoms with van der Waals surface area (Å²) >= 11 is 0. The lowest BCUT2D eigenvalue weighted by molar-refractivity contribution is -0.149. The second-order valence-corrected chi connectivity index (χ2v) is 14.2. The molecule has 3 aliphatic rings. The fourth-order valence-corrected chi connectivity index (χ4v) is 7.22. The van der Waals surface area contributed by atoms with Crippen LogP contribution in [-0.2, 0) is 31.0 Å². The molecule has 1 saturated heterocycles. The lowest BCUT2D eigenvalue weighted by Crippen LogP contribution is -2.54. The molecule has 284 valence electrons. The zero-order chi connectivity index (χ0) is 39.1. The summed E-state index contributed by atoms with van der Waals surface area (Å²) in [7, 11) is 0. The third-order valence-electron chi connectivity index (χ3n) is 10.0. The van der Waals surface area contributed by atoms with Crippen LogP contribution in [-0.4, -0.2) is 66.9 Å². The summed E-state index contributed by atoms with van der Waals surface area (Å²) in [5.41, 5.74) is -1.27. The lowest BCUT2D eigenvalue weighted by atomic mass is 9.86. The van der Waals surface area contributed by atoms with E-state index in [2.05, 4.69) is 27.5 Å². The van der Waals surface area contributed by atoms with E-state index < -0.39 is 58.7 Å². The average molecular weight is 748 g/mol. The highest BCUT2D eigenvalue weighted by molar-refractivity contribution is 6.24. The molecule has 2 aliphatic heterocycles. The van der Waals surface area contributed by atoms with E-state index in [4.69, 9.17) is 5.10 Å². The summed E-state index contributed by atoms with van der Waals surface area (Å²) in [6.07, 6.45) is 3.36. The van der Waals surface area contributed by atoms with Crippen LogP contribution in [0.3, 0.4) is 0 Å². The van der Waals surface area contributed by atoms with E-state index in [0.717, 1.165) is 42.7 Å². The molecule has 2 fully saturated rings. The Bertz CT molecular complexity index is 2120. The Labute approximate surface area is 308 Å². The maximum Gasteiger partial charge on any atom is 0.433 e. The number of halogens is 3. The average Bonchev–Trinajstić information content (AvgIpc) is 3.65. The highest BCUT2D eigenvalue weighted by Gasteiger charge is 2.46. The number of amides is 5. The van der Waals surface area contributed by atoms with Crippen molar-refractivity contribution in [1.82, 2.24) is 30.3 Å². The van der Waals surface area contributed by atoms with E-state index in [9.17, 15) is 42.3 Å². The van der Waals surface area contributed by atoms with Crippen LogP contribution in [0, 0.1) is 5.92 Å². The van der Waals surface area contributed by atoms with Gasteiger partial charge in [0.2, 0.25) is 11.8 Å². The standard InChI is InChI=1S/C38H40F3N7O6/c1-5-23-32(36(53)48(35(23)52)29-14-15-31(49)45-34(29)51)25(6-2)42-18-20-10-12-22(13-11-20)47-19-21-16-28(24(37(3,4)54)17-27(21)46-47)44-33(50)26-8-7-9-30(43-26)38(39,40)41/h5-9,16-17,19-20,22,29,42,54H,1,10-15,18H2,2-4H3,(H,44,50)(H,45,49,51)/b25-6+. The van der Waals surface area contributed by atoms with Crippen LogP contribution in [0.2, 0.25) is 0 Å². The third-order valence-corrected chi connectivity index (χ3v) is 10.0. The number of alkyl halides is 3. The molecule has 54 heavy (non-hydrogen) atoms. The molecular formula is C38H40F3N7O6. The molecule has 1 saturated carbocycles. The number of nitrogens with zero attached hydrogens (tertiary/aromatic N) is 4. The number of nitrogens with one attached hydrogen (secondary N) is 3. The number of carbonyl (C=O) groups excluding carboxylic acids is 5. The smallest absolute Gasteiger partial charge is 0.386 e. The second kappa shape index (κ2) is 14.6. The van der Waals surface area contributed by atoms with E-state index in [1.165, 1.54) is 26.0 Å². The largest absolute Gasteiger partial charge is 0.433 e. The molecule has 3 aromatic rings. The van der Waals surface area contributed by atoms with Gasteiger partial charge in [-0.05, 0) is 83.1 Å². The van der Waals surface area contributed by atoms with Crippen LogP contribution in [0.5, 0.6) is 0 Å². The van der Waals surface area contributed by atoms with Gasteiger partial charge < -0.3 is 15.7 Å². The van der Waals surface area contributed by atoms with Gasteiger partial charge in [-0.15, -0.1) is 0 Å². The summed E-state index contributed by atoms with van der Waals surface area (Å²) in [4.78, 5) is 68.4. The number of anilines is 1. The van der Waals surface area contributed by atoms with Gasteiger partial charge in [0.15, 0.2) is 0 Å². The summed E-state index contributed by atoms with van der Waals surface area (Å²) in [5.74, 6) is -3.04. The number of aromatic nitrogens is 3. The van der Waals surface area contributed by atoms with Crippen molar-refractivity contribution in [2.24, 2.45) is 5.92 Å². The maximum atomic E-state index is 13.6. The van der Waals surface area contributed by atoms with Gasteiger partial charge in [-0.2, -0.15) is 18.3 Å². The fourth-order valence-electron chi connectivity index (χ4n) is 7.22. The van der Waals surface area contributed by atoms with Gasteiger partial charge in [-0.1, -0.05) is 24.8 Å². The first kappa shape index (κ1) is 38.1. The molecule has 0 bridgehead atoms. The van der Waals surface area contributed by atoms with Crippen molar-refractivity contribution < 1.29 is 42.3 Å². The molecule has 4 N–H and O–H groups in total. The van der Waals surface area contributed by atoms with Gasteiger partial charge in [-0.3, -0.25) is 38.9 Å². The van der Waals surface area contributed by atoms with Crippen LogP contribution in [0.1, 0.15) is 87.1 Å². The van der Waals surface area contributed by atoms with Crippen LogP contribution >= 0.6 is 0 Å². The number of rotatable bonds is 10. The first-order valence-electron chi connectivity index (χ1n) is 17.6. The van der Waals surface area contributed by atoms with Gasteiger partial charge >= 0.3 is 6.18 Å². The van der Waals surface area contributed by atoms with Gasteiger partial charge in [0, 0.05) is 41.5 Å². The molecule has 0 radical (unpaired) electrons. The Kier molecular flexibility index (Phi) is 10.3. The maximum absolute atomic E-state index is 13.6. The zero-order valence-electron chi connectivity index (χ0n) is 29.9. The zero-order valence-corrected chi connectivity index (χ0v) is 29.9. The van der Waals surface area contributed by atoms with Crippen molar-refractivity contribution in [1.29, 1.82) is 0 Å². The molecule has 1 atom stereocenters. The van der Waals surface area contributed by atoms with Crippen molar-refractivity contribution in [2.75, 3.05) is 11.9 Å². The van der Waals surface area contributed by atoms with Gasteiger partial charge in [0.1, 0.15) is 17.4 Å². The predicted octanol–water partition coefficient (Wildman–Crippen LogP) is 4.81. The molecule has 1 aliphatic carbocycles. The van der Waals surface area contributed by atoms with Crippen LogP contribution in [0.15, 0.2) is 72.1 Å². The van der Waals surface area contributed by atoms with Crippen LogP contribution < -0.4 is 16.0 Å². The van der Waals surface area contributed by atoms with E-state index >= 15 is 0 Å². The van der Waals surface area contributed by atoms with E-state index in [1.54, 1.807) is 25.1 Å². The molecule has 2 aromatic heterocycles. The van der Waals surface area contributed by atoms with Crippen molar-refractivity contribution in [3.8, 4) is 0 Å². The minimum Gasteiger partial charge on any atom is -0.386 e. The molecule has 0 spiro atoms. The highest BCUT2D eigenvalue weighted by atomic mass is 19.4. The second-order valence-electron chi connectivity index (χ2n) is 14.2. The van der Waals surface area contributed by atoms with Crippen LogP contribution in [0.25, 0.3) is 10.9 Å². The normalized spacial score (nSPS) is 21.5. The number of hydrogen-bond donors (Lipinski definition) is 4. The van der Waals surface area contributed by atoms with Crippen molar-refractivity contribution in [2.45, 2.75) is 83.2 Å². The van der Waals surface area contributed by atoms with Crippen molar-refractivity contribution in [3.63, 3.8) is 0 Å². The Balaban J connectivity index is 1.12. The van der Waals surface area contributed by atoms with Gasteiger partial charge in [0.05, 0.1) is 28.3 Å². The number of piperidine rings is 1. The predicted molar refractivity (Wildman–Crippen MR) is 190 cm³/mol. The minimum absolute atomic E-state index is 0.0175. The topological polar surface area (TPSA) is 176 Å². The van der Waals surface area contributed by atoms with E-state index in [0.29, 0.717) is 28.7 Å². The number of allylic oxidation sites excluding steroid dienone is 1. The fraction of sp³-hybridized carbons (Fsp3) is 0.395. The summed E-state index contributed by atoms with van der Waals surface area (Å²) in [6, 6.07) is 5.30. The number of carbonyl (C=O) groups is 5. The molecule has 16 heteroatoms. The molecule has 6 rings (SSSR count). The monoisotopic (exact) mass is 747 g/mol. The Morgan fingerprint density at radius 1 is 1.07 bits per heavy atom. The van der Waals surface area contributed by atoms with E-state index in [-0.39, 0.29) is 41.6 Å². The van der Waals surface area contributed by atoms with Gasteiger partial charge in [0.25, 0.3) is 17.7 Å². The van der Waals surface area contributed by atoms with E-state index in [1.807, 2.05) is 10.9 Å². The molecule has 5 amide bonds. The highest BCUT2D eigenvalue weighted by Crippen LogP contribution is 2.37. The van der Waals surface area contributed by atoms with Crippen molar-refractivity contribution in [3.05, 3.63) is 89.1 Å². The molecule has 1 aromatic carbocycles. The van der Waals surface area contributed by atoms with Crippen LogP contribution in [0.4, 0.5) is 18.9 Å². The lowest BCUT2D eigenvalue weighted by Gasteiger charge is -2.30. The third kappa shape index (κ3) is 7.56. The first-order chi connectivity index (χ1) is 25.5. The summed E-state index contributed by atoms with van der Waals surface area (Å²) in [6.45, 7) is 9.03. The SMILES string of the molecule is C=CC1=C(/C(=C\C)NCC2CCC(n3cc4cc(NC(=O)c5cccc(C(F)(F)F)n5)c(C(C)(C)O)cc4n3)CC2)C(=O)N(C2CCC(=O)NC2=O)C1=O. The van der Waals surface area contributed by atoms with Crippen molar-refractivity contribution >= 4 is 46.1 Å². The number of benzene rings is 1. The first-order valence-corrected chi connectivity index (χ1v) is 17.6. The molecule has 13 nitrogen and oxygen atoms in total. The summed E-state index contributed by atoms with van der Waals surface area (Å²) < 4.78 is 41.5. The molecular weight excluding hydrogens is 707 g/mol. The number of imide groups is 2. The minimum atomic E-state index is -4.72. The Morgan fingerprint density at radius 3 is 2.43 bits per heavy atom. The number of aliphatic hydroxyl groups is 1. The Morgan fingerprint density at radius 2 is 1.80 bits per heavy atom. The quantitative estimate of drug-likeness (QED) is 0.212. The number of pyridine rings is 1. The summed E-state index contributed by atoms with van der Waals surface area (Å²) in [5, 5.41) is 24.5.